The van der Waals surface area contributed by atoms with Crippen molar-refractivity contribution in [2.45, 2.75) is 38.1 Å². The van der Waals surface area contributed by atoms with Gasteiger partial charge in [-0.3, -0.25) is 4.98 Å². The van der Waals surface area contributed by atoms with Crippen LogP contribution in [0.25, 0.3) is 0 Å². The molecule has 2 unspecified atom stereocenters. The van der Waals surface area contributed by atoms with E-state index in [1.807, 2.05) is 24.4 Å². The number of aromatic nitrogens is 1. The van der Waals surface area contributed by atoms with Crippen molar-refractivity contribution in [3.8, 4) is 5.75 Å². The van der Waals surface area contributed by atoms with Gasteiger partial charge in [-0.15, -0.1) is 0 Å². The minimum Gasteiger partial charge on any atom is -0.496 e. The molecule has 3 heteroatoms. The maximum atomic E-state index is 6.84. The molecule has 2 aromatic rings. The third kappa shape index (κ3) is 2.50. The van der Waals surface area contributed by atoms with Crippen LogP contribution >= 0.6 is 0 Å². The molecule has 1 heterocycles. The van der Waals surface area contributed by atoms with Crippen LogP contribution in [0.15, 0.2) is 42.6 Å². The van der Waals surface area contributed by atoms with Crippen molar-refractivity contribution < 1.29 is 4.74 Å². The molecule has 1 aromatic heterocycles. The Balaban J connectivity index is 1.96. The summed E-state index contributed by atoms with van der Waals surface area (Å²) in [7, 11) is 1.74. The predicted octanol–water partition coefficient (Wildman–Crippen LogP) is 3.46. The number of nitrogens with two attached hydrogens (primary N) is 1. The molecule has 1 aliphatic rings. The van der Waals surface area contributed by atoms with Gasteiger partial charge >= 0.3 is 0 Å². The van der Waals surface area contributed by atoms with Crippen molar-refractivity contribution in [3.63, 3.8) is 0 Å². The Kier molecular flexibility index (Phi) is 4.16. The third-order valence-corrected chi connectivity index (χ3v) is 5.12. The molecule has 0 bridgehead atoms. The first-order valence-corrected chi connectivity index (χ1v) is 8.04. The summed E-state index contributed by atoms with van der Waals surface area (Å²) in [5.41, 5.74) is 10.2. The summed E-state index contributed by atoms with van der Waals surface area (Å²) in [6, 6.07) is 12.4. The molecule has 0 radical (unpaired) electrons. The van der Waals surface area contributed by atoms with Gasteiger partial charge in [0, 0.05) is 6.20 Å². The quantitative estimate of drug-likeness (QED) is 0.940. The van der Waals surface area contributed by atoms with Crippen LogP contribution in [0.4, 0.5) is 0 Å². The smallest absolute Gasteiger partial charge is 0.122 e. The number of rotatable bonds is 4. The van der Waals surface area contributed by atoms with Crippen LogP contribution in [-0.2, 0) is 18.4 Å². The van der Waals surface area contributed by atoms with Crippen LogP contribution in [0.3, 0.4) is 0 Å². The van der Waals surface area contributed by atoms with Crippen molar-refractivity contribution in [1.29, 1.82) is 0 Å². The Labute approximate surface area is 132 Å². The number of benzene rings is 1. The molecule has 0 fully saturated rings. The van der Waals surface area contributed by atoms with E-state index in [1.165, 1.54) is 11.1 Å². The average molecular weight is 296 g/mol. The Morgan fingerprint density at radius 1 is 1.27 bits per heavy atom. The molecule has 22 heavy (non-hydrogen) atoms. The van der Waals surface area contributed by atoms with E-state index in [2.05, 4.69) is 30.1 Å². The summed E-state index contributed by atoms with van der Waals surface area (Å²) >= 11 is 0. The van der Waals surface area contributed by atoms with Crippen LogP contribution in [0.1, 0.15) is 36.6 Å². The zero-order valence-corrected chi connectivity index (χ0v) is 13.4. The maximum Gasteiger partial charge on any atom is 0.122 e. The molecule has 0 saturated carbocycles. The van der Waals surface area contributed by atoms with E-state index in [4.69, 9.17) is 10.5 Å². The first-order valence-electron chi connectivity index (χ1n) is 8.04. The van der Waals surface area contributed by atoms with Gasteiger partial charge in [-0.05, 0) is 60.9 Å². The van der Waals surface area contributed by atoms with Gasteiger partial charge in [-0.1, -0.05) is 25.1 Å². The number of nitrogens with zero attached hydrogens (tertiary/aromatic N) is 1. The highest BCUT2D eigenvalue weighted by atomic mass is 16.5. The second kappa shape index (κ2) is 6.09. The molecule has 0 aliphatic heterocycles. The standard InChI is InChI=1S/C19H24N2O/c1-3-19(20,18-9-4-5-12-21-18)15-11-10-14-7-6-8-17(22-2)16(14)13-15/h4-9,12,15H,3,10-11,13,20H2,1-2H3. The van der Waals surface area contributed by atoms with Crippen LogP contribution in [0, 0.1) is 5.92 Å². The molecule has 2 N–H and O–H groups in total. The normalized spacial score (nSPS) is 20.0. The molecule has 0 saturated heterocycles. The van der Waals surface area contributed by atoms with Crippen molar-refractivity contribution >= 4 is 0 Å². The minimum absolute atomic E-state index is 0.375. The summed E-state index contributed by atoms with van der Waals surface area (Å²) in [5.74, 6) is 1.37. The first-order chi connectivity index (χ1) is 10.7. The van der Waals surface area contributed by atoms with Gasteiger partial charge in [0.25, 0.3) is 0 Å². The van der Waals surface area contributed by atoms with Crippen LogP contribution in [0.2, 0.25) is 0 Å². The Morgan fingerprint density at radius 2 is 2.14 bits per heavy atom. The molecular weight excluding hydrogens is 272 g/mol. The van der Waals surface area contributed by atoms with Gasteiger partial charge in [0.15, 0.2) is 0 Å². The van der Waals surface area contributed by atoms with E-state index in [9.17, 15) is 0 Å². The lowest BCUT2D eigenvalue weighted by Crippen LogP contribution is -2.46. The van der Waals surface area contributed by atoms with Crippen molar-refractivity contribution in [2.75, 3.05) is 7.11 Å². The monoisotopic (exact) mass is 296 g/mol. The zero-order chi connectivity index (χ0) is 15.6. The second-order valence-corrected chi connectivity index (χ2v) is 6.15. The molecule has 3 nitrogen and oxygen atoms in total. The van der Waals surface area contributed by atoms with Gasteiger partial charge in [0.1, 0.15) is 5.75 Å². The summed E-state index contributed by atoms with van der Waals surface area (Å²) in [6.07, 6.45) is 5.84. The molecule has 1 aliphatic carbocycles. The van der Waals surface area contributed by atoms with E-state index < -0.39 is 0 Å². The lowest BCUT2D eigenvalue weighted by atomic mass is 9.70. The van der Waals surface area contributed by atoms with E-state index in [0.717, 1.165) is 37.1 Å². The molecular formula is C19H24N2O. The van der Waals surface area contributed by atoms with Crippen LogP contribution in [0.5, 0.6) is 5.75 Å². The van der Waals surface area contributed by atoms with Gasteiger partial charge in [-0.25, -0.2) is 0 Å². The Hall–Kier alpha value is -1.87. The van der Waals surface area contributed by atoms with E-state index in [-0.39, 0.29) is 5.54 Å². The van der Waals surface area contributed by atoms with Gasteiger partial charge < -0.3 is 10.5 Å². The molecule has 1 aromatic carbocycles. The number of hydrogen-bond acceptors (Lipinski definition) is 3. The number of aryl methyl sites for hydroxylation is 1. The fourth-order valence-electron chi connectivity index (χ4n) is 3.70. The highest BCUT2D eigenvalue weighted by molar-refractivity contribution is 5.42. The predicted molar refractivity (Wildman–Crippen MR) is 88.9 cm³/mol. The third-order valence-electron chi connectivity index (χ3n) is 5.12. The maximum absolute atomic E-state index is 6.84. The topological polar surface area (TPSA) is 48.1 Å². The Morgan fingerprint density at radius 3 is 2.82 bits per heavy atom. The van der Waals surface area contributed by atoms with Crippen molar-refractivity contribution in [2.24, 2.45) is 11.7 Å². The van der Waals surface area contributed by atoms with Crippen molar-refractivity contribution in [3.05, 3.63) is 59.4 Å². The van der Waals surface area contributed by atoms with Crippen molar-refractivity contribution in [1.82, 2.24) is 4.98 Å². The van der Waals surface area contributed by atoms with E-state index in [0.29, 0.717) is 5.92 Å². The lowest BCUT2D eigenvalue weighted by molar-refractivity contribution is 0.229. The number of ether oxygens (including phenoxy) is 1. The SMILES string of the molecule is CCC(N)(c1ccccn1)C1CCc2cccc(OC)c2C1. The van der Waals surface area contributed by atoms with Gasteiger partial charge in [-0.2, -0.15) is 0 Å². The second-order valence-electron chi connectivity index (χ2n) is 6.15. The summed E-state index contributed by atoms with van der Waals surface area (Å²) < 4.78 is 5.56. The lowest BCUT2D eigenvalue weighted by Gasteiger charge is -2.39. The number of fused-ring (bicyclic) bond motifs is 1. The fraction of sp³-hybridized carbons (Fsp3) is 0.421. The minimum atomic E-state index is -0.375. The van der Waals surface area contributed by atoms with Gasteiger partial charge in [0.05, 0.1) is 18.3 Å². The Bertz CT molecular complexity index is 627. The molecule has 0 amide bonds. The molecule has 2 atom stereocenters. The van der Waals surface area contributed by atoms with E-state index in [1.54, 1.807) is 7.11 Å². The number of pyridine rings is 1. The van der Waals surface area contributed by atoms with Crippen LogP contribution in [-0.4, -0.2) is 12.1 Å². The molecule has 0 spiro atoms. The van der Waals surface area contributed by atoms with Gasteiger partial charge in [0.2, 0.25) is 0 Å². The zero-order valence-electron chi connectivity index (χ0n) is 13.4. The highest BCUT2D eigenvalue weighted by Crippen LogP contribution is 2.40. The van der Waals surface area contributed by atoms with Crippen LogP contribution < -0.4 is 10.5 Å². The summed E-state index contributed by atoms with van der Waals surface area (Å²) in [6.45, 7) is 2.16. The largest absolute Gasteiger partial charge is 0.496 e. The number of hydrogen-bond donors (Lipinski definition) is 1. The summed E-state index contributed by atoms with van der Waals surface area (Å²) in [5, 5.41) is 0. The fourth-order valence-corrected chi connectivity index (χ4v) is 3.70. The summed E-state index contributed by atoms with van der Waals surface area (Å²) in [4.78, 5) is 4.54. The highest BCUT2D eigenvalue weighted by Gasteiger charge is 2.38. The number of methoxy groups -OCH3 is 1. The van der Waals surface area contributed by atoms with E-state index >= 15 is 0 Å². The average Bonchev–Trinajstić information content (AvgIpc) is 2.60. The molecule has 3 rings (SSSR count). The molecule has 116 valence electrons. The first kappa shape index (κ1) is 15.0.